The van der Waals surface area contributed by atoms with Gasteiger partial charge in [0, 0.05) is 36.2 Å². The zero-order valence-electron chi connectivity index (χ0n) is 15.7. The molecule has 7 heteroatoms. The average molecular weight is 383 g/mol. The quantitative estimate of drug-likeness (QED) is 0.648. The molecule has 28 heavy (non-hydrogen) atoms. The van der Waals surface area contributed by atoms with Crippen molar-refractivity contribution in [1.29, 1.82) is 0 Å². The summed E-state index contributed by atoms with van der Waals surface area (Å²) in [5, 5.41) is 0. The number of hydrogen-bond donors (Lipinski definition) is 0. The van der Waals surface area contributed by atoms with Gasteiger partial charge in [0.15, 0.2) is 0 Å². The Morgan fingerprint density at radius 3 is 2.82 bits per heavy atom. The maximum Gasteiger partial charge on any atom is 0.374 e. The number of ketones is 1. The highest BCUT2D eigenvalue weighted by atomic mass is 16.6. The summed E-state index contributed by atoms with van der Waals surface area (Å²) in [6, 6.07) is 10.5. The molecule has 0 N–H and O–H groups in total. The molecule has 1 unspecified atom stereocenters. The molecular weight excluding hydrogens is 362 g/mol. The molecular formula is C21H21NO6. The van der Waals surface area contributed by atoms with Crippen molar-refractivity contribution in [2.45, 2.75) is 19.1 Å². The van der Waals surface area contributed by atoms with Gasteiger partial charge in [-0.1, -0.05) is 18.2 Å². The van der Waals surface area contributed by atoms with Gasteiger partial charge in [-0.05, 0) is 25.1 Å². The lowest BCUT2D eigenvalue weighted by molar-refractivity contribution is -0.152. The van der Waals surface area contributed by atoms with E-state index in [1.54, 1.807) is 48.8 Å². The third-order valence-electron chi connectivity index (χ3n) is 4.28. The van der Waals surface area contributed by atoms with E-state index in [0.717, 1.165) is 11.6 Å². The second kappa shape index (κ2) is 8.67. The fourth-order valence-corrected chi connectivity index (χ4v) is 2.81. The Morgan fingerprint density at radius 1 is 1.25 bits per heavy atom. The first-order valence-electron chi connectivity index (χ1n) is 8.82. The van der Waals surface area contributed by atoms with Gasteiger partial charge in [-0.15, -0.1) is 0 Å². The maximum atomic E-state index is 12.9. The van der Waals surface area contributed by atoms with E-state index >= 15 is 0 Å². The van der Waals surface area contributed by atoms with E-state index in [-0.39, 0.29) is 24.8 Å². The van der Waals surface area contributed by atoms with Crippen molar-refractivity contribution in [3.63, 3.8) is 0 Å². The van der Waals surface area contributed by atoms with E-state index in [1.807, 2.05) is 6.92 Å². The maximum absolute atomic E-state index is 12.9. The van der Waals surface area contributed by atoms with Gasteiger partial charge in [-0.25, -0.2) is 4.79 Å². The van der Waals surface area contributed by atoms with Gasteiger partial charge in [-0.2, -0.15) is 0 Å². The van der Waals surface area contributed by atoms with Crippen LogP contribution in [0.3, 0.4) is 0 Å². The molecule has 0 saturated carbocycles. The van der Waals surface area contributed by atoms with Gasteiger partial charge >= 0.3 is 5.97 Å². The number of pyridine rings is 1. The summed E-state index contributed by atoms with van der Waals surface area (Å²) < 4.78 is 21.8. The van der Waals surface area contributed by atoms with Crippen LogP contribution in [0.4, 0.5) is 0 Å². The third-order valence-corrected chi connectivity index (χ3v) is 4.28. The van der Waals surface area contributed by atoms with Crippen LogP contribution in [0, 0.1) is 0 Å². The van der Waals surface area contributed by atoms with Crippen LogP contribution in [-0.4, -0.2) is 37.1 Å². The van der Waals surface area contributed by atoms with E-state index in [9.17, 15) is 9.59 Å². The Bertz CT molecular complexity index is 879. The van der Waals surface area contributed by atoms with Gasteiger partial charge in [0.25, 0.3) is 0 Å². The van der Waals surface area contributed by atoms with Gasteiger partial charge in [0.1, 0.15) is 12.4 Å². The normalized spacial score (nSPS) is 18.4. The fourth-order valence-electron chi connectivity index (χ4n) is 2.81. The summed E-state index contributed by atoms with van der Waals surface area (Å²) in [5.41, 5.74) is -0.182. The predicted molar refractivity (Wildman–Crippen MR) is 99.4 cm³/mol. The Morgan fingerprint density at radius 2 is 2.11 bits per heavy atom. The molecule has 1 aromatic heterocycles. The van der Waals surface area contributed by atoms with E-state index in [0.29, 0.717) is 17.9 Å². The molecule has 0 fully saturated rings. The molecule has 0 amide bonds. The number of carbonyl (C=O) groups is 2. The highest BCUT2D eigenvalue weighted by Gasteiger charge is 2.49. The van der Waals surface area contributed by atoms with Crippen molar-refractivity contribution in [2.75, 3.05) is 20.3 Å². The summed E-state index contributed by atoms with van der Waals surface area (Å²) in [6.07, 6.45) is 4.38. The first-order valence-corrected chi connectivity index (χ1v) is 8.82. The van der Waals surface area contributed by atoms with Crippen LogP contribution in [0.1, 0.15) is 18.1 Å². The number of rotatable bonds is 8. The molecule has 3 rings (SSSR count). The highest BCUT2D eigenvalue weighted by molar-refractivity contribution is 6.06. The number of esters is 1. The Balaban J connectivity index is 1.80. The fraction of sp³-hybridized carbons (Fsp3) is 0.286. The van der Waals surface area contributed by atoms with E-state index < -0.39 is 11.6 Å². The van der Waals surface area contributed by atoms with Crippen LogP contribution < -0.4 is 4.74 Å². The minimum Gasteiger partial charge on any atom is -0.497 e. The smallest absolute Gasteiger partial charge is 0.374 e. The van der Waals surface area contributed by atoms with Crippen molar-refractivity contribution < 1.29 is 28.5 Å². The summed E-state index contributed by atoms with van der Waals surface area (Å²) in [5.74, 6) is -0.699. The second-order valence-electron chi connectivity index (χ2n) is 6.11. The predicted octanol–water partition coefficient (Wildman–Crippen LogP) is 2.55. The number of aromatic nitrogens is 1. The van der Waals surface area contributed by atoms with Gasteiger partial charge in [0.2, 0.25) is 17.1 Å². The number of methoxy groups -OCH3 is 1. The zero-order valence-corrected chi connectivity index (χ0v) is 15.7. The summed E-state index contributed by atoms with van der Waals surface area (Å²) in [4.78, 5) is 29.2. The number of carbonyl (C=O) groups excluding carboxylic acids is 2. The van der Waals surface area contributed by atoms with Crippen LogP contribution in [0.15, 0.2) is 60.6 Å². The van der Waals surface area contributed by atoms with Gasteiger partial charge in [0.05, 0.1) is 13.7 Å². The highest BCUT2D eigenvalue weighted by Crippen LogP contribution is 2.37. The van der Waals surface area contributed by atoms with Crippen molar-refractivity contribution in [3.05, 3.63) is 71.8 Å². The first-order chi connectivity index (χ1) is 13.6. The minimum absolute atomic E-state index is 0.0270. The molecule has 0 spiro atoms. The SMILES string of the molecule is CCOCC1(c2cccc(OC)c2)OC(C(=O)OCc2cccnc2)=CC1=O. The van der Waals surface area contributed by atoms with Gasteiger partial charge in [-0.3, -0.25) is 9.78 Å². The lowest BCUT2D eigenvalue weighted by Gasteiger charge is -2.28. The Labute approximate surface area is 162 Å². The van der Waals surface area contributed by atoms with E-state index in [1.165, 1.54) is 7.11 Å². The Hall–Kier alpha value is -3.19. The monoisotopic (exact) mass is 383 g/mol. The molecule has 1 aromatic carbocycles. The molecule has 0 saturated heterocycles. The number of ether oxygens (including phenoxy) is 4. The number of benzene rings is 1. The molecule has 7 nitrogen and oxygen atoms in total. The second-order valence-corrected chi connectivity index (χ2v) is 6.11. The standard InChI is InChI=1S/C21H21NO6/c1-3-26-14-21(16-7-4-8-17(10-16)25-2)19(23)11-18(28-21)20(24)27-13-15-6-5-9-22-12-15/h4-12H,3,13-14H2,1-2H3. The molecule has 1 aliphatic rings. The lowest BCUT2D eigenvalue weighted by atomic mass is 9.90. The first kappa shape index (κ1) is 19.6. The van der Waals surface area contributed by atoms with Crippen LogP contribution in [0.2, 0.25) is 0 Å². The molecule has 1 atom stereocenters. The molecule has 0 aliphatic carbocycles. The van der Waals surface area contributed by atoms with E-state index in [4.69, 9.17) is 18.9 Å². The van der Waals surface area contributed by atoms with Crippen LogP contribution in [-0.2, 0) is 36.0 Å². The molecule has 2 aromatic rings. The lowest BCUT2D eigenvalue weighted by Crippen LogP contribution is -2.39. The topological polar surface area (TPSA) is 84.0 Å². The van der Waals surface area contributed by atoms with Gasteiger partial charge < -0.3 is 18.9 Å². The minimum atomic E-state index is -1.45. The van der Waals surface area contributed by atoms with Crippen LogP contribution in [0.25, 0.3) is 0 Å². The number of hydrogen-bond acceptors (Lipinski definition) is 7. The summed E-state index contributed by atoms with van der Waals surface area (Å²) >= 11 is 0. The van der Waals surface area contributed by atoms with Crippen molar-refractivity contribution >= 4 is 11.8 Å². The summed E-state index contributed by atoms with van der Waals surface area (Å²) in [7, 11) is 1.53. The number of nitrogens with zero attached hydrogens (tertiary/aromatic N) is 1. The molecule has 1 aliphatic heterocycles. The summed E-state index contributed by atoms with van der Waals surface area (Å²) in [6.45, 7) is 2.20. The van der Waals surface area contributed by atoms with Crippen molar-refractivity contribution in [1.82, 2.24) is 4.98 Å². The third kappa shape index (κ3) is 4.04. The molecule has 146 valence electrons. The Kier molecular flexibility index (Phi) is 6.06. The molecule has 0 radical (unpaired) electrons. The van der Waals surface area contributed by atoms with Crippen molar-refractivity contribution in [2.24, 2.45) is 0 Å². The molecule has 2 heterocycles. The van der Waals surface area contributed by atoms with Crippen LogP contribution >= 0.6 is 0 Å². The van der Waals surface area contributed by atoms with Crippen molar-refractivity contribution in [3.8, 4) is 5.75 Å². The average Bonchev–Trinajstić information content (AvgIpc) is 3.08. The van der Waals surface area contributed by atoms with E-state index in [2.05, 4.69) is 4.98 Å². The molecule has 0 bridgehead atoms. The van der Waals surface area contributed by atoms with Crippen LogP contribution in [0.5, 0.6) is 5.75 Å². The zero-order chi connectivity index (χ0) is 20.0. The largest absolute Gasteiger partial charge is 0.497 e.